The first-order chi connectivity index (χ1) is 13.2. The van der Waals surface area contributed by atoms with Gasteiger partial charge < -0.3 is 15.5 Å². The van der Waals surface area contributed by atoms with Crippen LogP contribution in [0.5, 0.6) is 0 Å². The van der Waals surface area contributed by atoms with E-state index in [1.54, 1.807) is 14.1 Å². The van der Waals surface area contributed by atoms with Crippen LogP contribution < -0.4 is 10.6 Å². The van der Waals surface area contributed by atoms with Crippen LogP contribution in [0.4, 0.5) is 0 Å². The lowest BCUT2D eigenvalue weighted by molar-refractivity contribution is -0.127. The molecule has 28 heavy (non-hydrogen) atoms. The highest BCUT2D eigenvalue weighted by atomic mass is 32.2. The van der Waals surface area contributed by atoms with E-state index in [0.29, 0.717) is 19.0 Å². The SMILES string of the molecule is CC(NC(=NCC(=O)N(C)C)NC[C@H]1CCCN1S(C)(=O)=O)c1ccccc1. The molecule has 1 amide bonds. The molecule has 0 aromatic heterocycles. The van der Waals surface area contributed by atoms with Gasteiger partial charge in [0.05, 0.1) is 12.3 Å². The number of hydrogen-bond donors (Lipinski definition) is 2. The molecule has 1 aromatic rings. The molecule has 1 aromatic carbocycles. The highest BCUT2D eigenvalue weighted by Crippen LogP contribution is 2.19. The van der Waals surface area contributed by atoms with Crippen LogP contribution in [0.15, 0.2) is 35.3 Å². The van der Waals surface area contributed by atoms with Crippen LogP contribution in [0.2, 0.25) is 0 Å². The zero-order valence-electron chi connectivity index (χ0n) is 17.1. The van der Waals surface area contributed by atoms with Crippen LogP contribution in [0.25, 0.3) is 0 Å². The molecule has 9 heteroatoms. The summed E-state index contributed by atoms with van der Waals surface area (Å²) in [5.41, 5.74) is 1.09. The molecular formula is C19H31N5O3S. The average molecular weight is 410 g/mol. The summed E-state index contributed by atoms with van der Waals surface area (Å²) in [5, 5.41) is 6.53. The van der Waals surface area contributed by atoms with Crippen molar-refractivity contribution in [2.45, 2.75) is 31.8 Å². The van der Waals surface area contributed by atoms with Crippen molar-refractivity contribution < 1.29 is 13.2 Å². The van der Waals surface area contributed by atoms with Crippen molar-refractivity contribution in [3.05, 3.63) is 35.9 Å². The summed E-state index contributed by atoms with van der Waals surface area (Å²) >= 11 is 0. The number of nitrogens with one attached hydrogen (secondary N) is 2. The Morgan fingerprint density at radius 3 is 2.61 bits per heavy atom. The van der Waals surface area contributed by atoms with E-state index in [4.69, 9.17) is 0 Å². The molecule has 1 heterocycles. The van der Waals surface area contributed by atoms with Gasteiger partial charge in [-0.2, -0.15) is 4.31 Å². The van der Waals surface area contributed by atoms with Crippen LogP contribution in [-0.4, -0.2) is 75.5 Å². The summed E-state index contributed by atoms with van der Waals surface area (Å²) in [4.78, 5) is 17.8. The minimum Gasteiger partial charge on any atom is -0.355 e. The molecule has 0 saturated carbocycles. The number of carbonyl (C=O) groups is 1. The Morgan fingerprint density at radius 2 is 2.00 bits per heavy atom. The van der Waals surface area contributed by atoms with Gasteiger partial charge in [-0.25, -0.2) is 13.4 Å². The molecule has 2 atom stereocenters. The molecule has 2 rings (SSSR count). The van der Waals surface area contributed by atoms with Gasteiger partial charge in [-0.3, -0.25) is 4.79 Å². The third-order valence-electron chi connectivity index (χ3n) is 4.78. The second-order valence-corrected chi connectivity index (χ2v) is 9.22. The molecule has 0 aliphatic carbocycles. The highest BCUT2D eigenvalue weighted by molar-refractivity contribution is 7.88. The largest absolute Gasteiger partial charge is 0.355 e. The molecule has 1 saturated heterocycles. The number of nitrogens with zero attached hydrogens (tertiary/aromatic N) is 3. The maximum atomic E-state index is 11.9. The van der Waals surface area contributed by atoms with Crippen molar-refractivity contribution in [1.82, 2.24) is 19.8 Å². The molecule has 1 aliphatic rings. The smallest absolute Gasteiger partial charge is 0.243 e. The van der Waals surface area contributed by atoms with Gasteiger partial charge in [-0.1, -0.05) is 30.3 Å². The summed E-state index contributed by atoms with van der Waals surface area (Å²) in [6.45, 7) is 3.02. The highest BCUT2D eigenvalue weighted by Gasteiger charge is 2.31. The Hall–Kier alpha value is -2.13. The Morgan fingerprint density at radius 1 is 1.32 bits per heavy atom. The van der Waals surface area contributed by atoms with Crippen molar-refractivity contribution in [3.8, 4) is 0 Å². The van der Waals surface area contributed by atoms with Gasteiger partial charge in [0.2, 0.25) is 15.9 Å². The number of carbonyl (C=O) groups excluding carboxylic acids is 1. The first-order valence-electron chi connectivity index (χ1n) is 9.45. The van der Waals surface area contributed by atoms with Gasteiger partial charge in [0.15, 0.2) is 5.96 Å². The number of hydrogen-bond acceptors (Lipinski definition) is 4. The lowest BCUT2D eigenvalue weighted by atomic mass is 10.1. The number of rotatable bonds is 7. The average Bonchev–Trinajstić information content (AvgIpc) is 3.13. The van der Waals surface area contributed by atoms with Gasteiger partial charge in [-0.05, 0) is 25.3 Å². The Balaban J connectivity index is 2.07. The quantitative estimate of drug-likeness (QED) is 0.513. The Kier molecular flexibility index (Phi) is 7.82. The lowest BCUT2D eigenvalue weighted by Crippen LogP contribution is -2.47. The number of likely N-dealkylation sites (N-methyl/N-ethyl adjacent to an activating group) is 1. The summed E-state index contributed by atoms with van der Waals surface area (Å²) in [6.07, 6.45) is 2.89. The first-order valence-corrected chi connectivity index (χ1v) is 11.3. The minimum atomic E-state index is -3.23. The molecule has 8 nitrogen and oxygen atoms in total. The fourth-order valence-corrected chi connectivity index (χ4v) is 4.32. The predicted octanol–water partition coefficient (Wildman–Crippen LogP) is 0.795. The number of guanidine groups is 1. The lowest BCUT2D eigenvalue weighted by Gasteiger charge is -2.25. The predicted molar refractivity (Wildman–Crippen MR) is 112 cm³/mol. The Labute approximate surface area is 168 Å². The molecule has 156 valence electrons. The third-order valence-corrected chi connectivity index (χ3v) is 6.11. The summed E-state index contributed by atoms with van der Waals surface area (Å²) in [6, 6.07) is 9.80. The van der Waals surface area contributed by atoms with E-state index in [-0.39, 0.29) is 24.5 Å². The van der Waals surface area contributed by atoms with Crippen LogP contribution in [-0.2, 0) is 14.8 Å². The monoisotopic (exact) mass is 409 g/mol. The zero-order valence-corrected chi connectivity index (χ0v) is 17.9. The molecule has 1 fully saturated rings. The van der Waals surface area contributed by atoms with Crippen molar-refractivity contribution in [2.75, 3.05) is 40.0 Å². The second kappa shape index (κ2) is 9.88. The molecule has 2 N–H and O–H groups in total. The van der Waals surface area contributed by atoms with E-state index in [9.17, 15) is 13.2 Å². The molecule has 1 aliphatic heterocycles. The molecule has 0 spiro atoms. The third kappa shape index (κ3) is 6.49. The van der Waals surface area contributed by atoms with Crippen molar-refractivity contribution in [3.63, 3.8) is 0 Å². The number of benzene rings is 1. The molecular weight excluding hydrogens is 378 g/mol. The number of amides is 1. The van der Waals surface area contributed by atoms with E-state index in [0.717, 1.165) is 18.4 Å². The summed E-state index contributed by atoms with van der Waals surface area (Å²) < 4.78 is 25.4. The summed E-state index contributed by atoms with van der Waals surface area (Å²) in [7, 11) is 0.146. The molecule has 1 unspecified atom stereocenters. The standard InChI is InChI=1S/C19H31N5O3S/c1-15(16-9-6-5-7-10-16)22-19(21-14-18(25)23(2)3)20-13-17-11-8-12-24(17)28(4,26)27/h5-7,9-10,15,17H,8,11-14H2,1-4H3,(H2,20,21,22)/t15?,17-/m1/s1. The van der Waals surface area contributed by atoms with E-state index in [1.165, 1.54) is 15.5 Å². The van der Waals surface area contributed by atoms with Crippen LogP contribution in [0, 0.1) is 0 Å². The maximum absolute atomic E-state index is 11.9. The van der Waals surface area contributed by atoms with Crippen molar-refractivity contribution in [1.29, 1.82) is 0 Å². The number of sulfonamides is 1. The van der Waals surface area contributed by atoms with Crippen LogP contribution >= 0.6 is 0 Å². The van der Waals surface area contributed by atoms with Crippen LogP contribution in [0.1, 0.15) is 31.4 Å². The van der Waals surface area contributed by atoms with E-state index in [2.05, 4.69) is 15.6 Å². The number of aliphatic imine (C=N–C) groups is 1. The fourth-order valence-electron chi connectivity index (χ4n) is 3.14. The van der Waals surface area contributed by atoms with Gasteiger partial charge >= 0.3 is 0 Å². The minimum absolute atomic E-state index is 0.0171. The summed E-state index contributed by atoms with van der Waals surface area (Å²) in [5.74, 6) is 0.388. The van der Waals surface area contributed by atoms with Crippen LogP contribution in [0.3, 0.4) is 0 Å². The molecule has 0 radical (unpaired) electrons. The topological polar surface area (TPSA) is 94.1 Å². The Bertz CT molecular complexity index is 780. The van der Waals surface area contributed by atoms with Gasteiger partial charge in [0.25, 0.3) is 0 Å². The first kappa shape index (κ1) is 22.2. The van der Waals surface area contributed by atoms with E-state index >= 15 is 0 Å². The van der Waals surface area contributed by atoms with E-state index in [1.807, 2.05) is 37.3 Å². The van der Waals surface area contributed by atoms with Gasteiger partial charge in [0.1, 0.15) is 6.54 Å². The second-order valence-electron chi connectivity index (χ2n) is 7.28. The maximum Gasteiger partial charge on any atom is 0.243 e. The normalized spacial score (nSPS) is 19.3. The zero-order chi connectivity index (χ0) is 20.7. The van der Waals surface area contributed by atoms with E-state index < -0.39 is 10.0 Å². The van der Waals surface area contributed by atoms with Crippen molar-refractivity contribution in [2.24, 2.45) is 4.99 Å². The van der Waals surface area contributed by atoms with Crippen molar-refractivity contribution >= 4 is 21.9 Å². The van der Waals surface area contributed by atoms with Gasteiger partial charge in [0, 0.05) is 33.2 Å². The van der Waals surface area contributed by atoms with Gasteiger partial charge in [-0.15, -0.1) is 0 Å². The fraction of sp³-hybridized carbons (Fsp3) is 0.579. The molecule has 0 bridgehead atoms.